The van der Waals surface area contributed by atoms with Gasteiger partial charge in [0.05, 0.1) is 0 Å². The van der Waals surface area contributed by atoms with Gasteiger partial charge in [0.15, 0.2) is 0 Å². The maximum atomic E-state index is 11.7. The summed E-state index contributed by atoms with van der Waals surface area (Å²) in [5, 5.41) is 0. The second-order valence-electron chi connectivity index (χ2n) is 4.11. The van der Waals surface area contributed by atoms with Crippen molar-refractivity contribution in [3.63, 3.8) is 0 Å². The van der Waals surface area contributed by atoms with E-state index in [4.69, 9.17) is 0 Å². The fourth-order valence-corrected chi connectivity index (χ4v) is 2.22. The molecule has 0 bridgehead atoms. The number of nitrogens with zero attached hydrogens (tertiary/aromatic N) is 1. The minimum absolute atomic E-state index is 0.311. The Balaban J connectivity index is 2.07. The number of rotatable bonds is 3. The van der Waals surface area contributed by atoms with Crippen LogP contribution in [0.15, 0.2) is 30.3 Å². The molecule has 0 N–H and O–H groups in total. The zero-order chi connectivity index (χ0) is 10.7. The lowest BCUT2D eigenvalue weighted by Gasteiger charge is -2.23. The molecule has 1 aliphatic rings. The molecule has 0 radical (unpaired) electrons. The fourth-order valence-electron chi connectivity index (χ4n) is 2.22. The Labute approximate surface area is 90.9 Å². The van der Waals surface area contributed by atoms with Gasteiger partial charge in [-0.25, -0.2) is 0 Å². The van der Waals surface area contributed by atoms with Crippen LogP contribution in [0.1, 0.15) is 31.7 Å². The lowest BCUT2D eigenvalue weighted by Crippen LogP contribution is -2.31. The minimum Gasteiger partial charge on any atom is -0.335 e. The molecule has 0 aliphatic carbocycles. The average molecular weight is 203 g/mol. The molecule has 1 amide bonds. The summed E-state index contributed by atoms with van der Waals surface area (Å²) in [7, 11) is 0. The Kier molecular flexibility index (Phi) is 3.05. The molecular weight excluding hydrogens is 186 g/mol. The second-order valence-corrected chi connectivity index (χ2v) is 4.11. The van der Waals surface area contributed by atoms with E-state index in [1.807, 2.05) is 23.1 Å². The Morgan fingerprint density at radius 1 is 1.33 bits per heavy atom. The van der Waals surface area contributed by atoms with Gasteiger partial charge in [0.1, 0.15) is 0 Å². The van der Waals surface area contributed by atoms with Crippen LogP contribution >= 0.6 is 0 Å². The number of carbonyl (C=O) groups is 1. The van der Waals surface area contributed by atoms with E-state index in [-0.39, 0.29) is 0 Å². The van der Waals surface area contributed by atoms with E-state index in [9.17, 15) is 4.79 Å². The summed E-state index contributed by atoms with van der Waals surface area (Å²) in [5.74, 6) is 0.311. The van der Waals surface area contributed by atoms with Gasteiger partial charge < -0.3 is 4.90 Å². The summed E-state index contributed by atoms with van der Waals surface area (Å²) in [6, 6.07) is 10.7. The number of likely N-dealkylation sites (tertiary alicyclic amines) is 1. The molecule has 1 aromatic carbocycles. The van der Waals surface area contributed by atoms with E-state index in [1.54, 1.807) is 0 Å². The van der Waals surface area contributed by atoms with Crippen molar-refractivity contribution in [3.8, 4) is 0 Å². The highest BCUT2D eigenvalue weighted by atomic mass is 16.2. The van der Waals surface area contributed by atoms with Crippen molar-refractivity contribution < 1.29 is 4.79 Å². The quantitative estimate of drug-likeness (QED) is 0.739. The van der Waals surface area contributed by atoms with Gasteiger partial charge in [-0.1, -0.05) is 37.3 Å². The van der Waals surface area contributed by atoms with Crippen LogP contribution in [-0.4, -0.2) is 16.8 Å². The Hall–Kier alpha value is -1.31. The molecule has 1 aromatic rings. The minimum atomic E-state index is 0.311. The summed E-state index contributed by atoms with van der Waals surface area (Å²) < 4.78 is 0. The van der Waals surface area contributed by atoms with Crippen LogP contribution < -0.4 is 0 Å². The molecule has 1 atom stereocenters. The topological polar surface area (TPSA) is 20.3 Å². The van der Waals surface area contributed by atoms with Crippen LogP contribution in [0.4, 0.5) is 0 Å². The highest BCUT2D eigenvalue weighted by Crippen LogP contribution is 2.23. The van der Waals surface area contributed by atoms with Crippen molar-refractivity contribution in [2.45, 2.75) is 38.8 Å². The van der Waals surface area contributed by atoms with Gasteiger partial charge in [0.2, 0.25) is 5.91 Å². The van der Waals surface area contributed by atoms with Crippen molar-refractivity contribution in [2.75, 3.05) is 0 Å². The Morgan fingerprint density at radius 3 is 2.73 bits per heavy atom. The SMILES string of the molecule is CCC1CCC(=O)N1Cc1ccccc1. The zero-order valence-electron chi connectivity index (χ0n) is 9.15. The molecule has 0 aromatic heterocycles. The predicted molar refractivity (Wildman–Crippen MR) is 60.3 cm³/mol. The normalized spacial score (nSPS) is 21.0. The third-order valence-corrected chi connectivity index (χ3v) is 3.12. The molecule has 2 rings (SSSR count). The lowest BCUT2D eigenvalue weighted by atomic mass is 10.1. The molecule has 1 heterocycles. The number of hydrogen-bond donors (Lipinski definition) is 0. The van der Waals surface area contributed by atoms with Crippen LogP contribution in [0.5, 0.6) is 0 Å². The van der Waals surface area contributed by atoms with E-state index in [1.165, 1.54) is 5.56 Å². The van der Waals surface area contributed by atoms with E-state index >= 15 is 0 Å². The van der Waals surface area contributed by atoms with Crippen molar-refractivity contribution in [1.29, 1.82) is 0 Å². The van der Waals surface area contributed by atoms with Crippen molar-refractivity contribution in [2.24, 2.45) is 0 Å². The summed E-state index contributed by atoms with van der Waals surface area (Å²) in [4.78, 5) is 13.7. The molecule has 2 heteroatoms. The number of amides is 1. The van der Waals surface area contributed by atoms with E-state index in [0.29, 0.717) is 11.9 Å². The molecule has 1 aliphatic heterocycles. The Bertz CT molecular complexity index is 334. The third kappa shape index (κ3) is 2.20. The highest BCUT2D eigenvalue weighted by Gasteiger charge is 2.29. The van der Waals surface area contributed by atoms with Crippen molar-refractivity contribution >= 4 is 5.91 Å². The third-order valence-electron chi connectivity index (χ3n) is 3.12. The van der Waals surface area contributed by atoms with Crippen LogP contribution in [0.3, 0.4) is 0 Å². The zero-order valence-corrected chi connectivity index (χ0v) is 9.15. The summed E-state index contributed by atoms with van der Waals surface area (Å²) >= 11 is 0. The first-order chi connectivity index (χ1) is 7.31. The maximum Gasteiger partial charge on any atom is 0.223 e. The molecule has 15 heavy (non-hydrogen) atoms. The average Bonchev–Trinajstić information content (AvgIpc) is 2.62. The molecule has 1 fully saturated rings. The van der Waals surface area contributed by atoms with Crippen molar-refractivity contribution in [3.05, 3.63) is 35.9 Å². The van der Waals surface area contributed by atoms with Crippen LogP contribution in [0.2, 0.25) is 0 Å². The first-order valence-corrected chi connectivity index (χ1v) is 5.64. The van der Waals surface area contributed by atoms with Gasteiger partial charge in [-0.15, -0.1) is 0 Å². The van der Waals surface area contributed by atoms with Crippen LogP contribution in [0.25, 0.3) is 0 Å². The van der Waals surface area contributed by atoms with Crippen LogP contribution in [-0.2, 0) is 11.3 Å². The number of carbonyl (C=O) groups excluding carboxylic acids is 1. The molecular formula is C13H17NO. The van der Waals surface area contributed by atoms with Gasteiger partial charge in [-0.2, -0.15) is 0 Å². The second kappa shape index (κ2) is 4.47. The van der Waals surface area contributed by atoms with Gasteiger partial charge >= 0.3 is 0 Å². The molecule has 2 nitrogen and oxygen atoms in total. The first-order valence-electron chi connectivity index (χ1n) is 5.64. The molecule has 0 saturated carbocycles. The summed E-state index contributed by atoms with van der Waals surface area (Å²) in [6.45, 7) is 2.93. The maximum absolute atomic E-state index is 11.7. The van der Waals surface area contributed by atoms with Gasteiger partial charge in [0.25, 0.3) is 0 Å². The van der Waals surface area contributed by atoms with E-state index in [0.717, 1.165) is 25.8 Å². The predicted octanol–water partition coefficient (Wildman–Crippen LogP) is 2.59. The van der Waals surface area contributed by atoms with E-state index < -0.39 is 0 Å². The standard InChI is InChI=1S/C13H17NO/c1-2-12-8-9-13(15)14(12)10-11-6-4-3-5-7-11/h3-7,12H,2,8-10H2,1H3. The molecule has 80 valence electrons. The molecule has 1 unspecified atom stereocenters. The van der Waals surface area contributed by atoms with E-state index in [2.05, 4.69) is 19.1 Å². The largest absolute Gasteiger partial charge is 0.335 e. The molecule has 0 spiro atoms. The smallest absolute Gasteiger partial charge is 0.223 e. The van der Waals surface area contributed by atoms with Gasteiger partial charge in [-0.3, -0.25) is 4.79 Å². The first kappa shape index (κ1) is 10.2. The monoisotopic (exact) mass is 203 g/mol. The fraction of sp³-hybridized carbons (Fsp3) is 0.462. The van der Waals surface area contributed by atoms with Gasteiger partial charge in [0, 0.05) is 19.0 Å². The number of hydrogen-bond acceptors (Lipinski definition) is 1. The highest BCUT2D eigenvalue weighted by molar-refractivity contribution is 5.78. The Morgan fingerprint density at radius 2 is 2.07 bits per heavy atom. The number of benzene rings is 1. The van der Waals surface area contributed by atoms with Crippen molar-refractivity contribution in [1.82, 2.24) is 4.90 Å². The van der Waals surface area contributed by atoms with Crippen LogP contribution in [0, 0.1) is 0 Å². The molecule has 1 saturated heterocycles. The van der Waals surface area contributed by atoms with Gasteiger partial charge in [-0.05, 0) is 18.4 Å². The summed E-state index contributed by atoms with van der Waals surface area (Å²) in [5.41, 5.74) is 1.23. The lowest BCUT2D eigenvalue weighted by molar-refractivity contribution is -0.129. The summed E-state index contributed by atoms with van der Waals surface area (Å²) in [6.07, 6.45) is 2.83.